The van der Waals surface area contributed by atoms with E-state index in [-0.39, 0.29) is 49.6 Å². The minimum absolute atomic E-state index is 0. The Balaban J connectivity index is 0.000000676. The molecule has 0 fully saturated rings. The van der Waals surface area contributed by atoms with E-state index >= 15 is 0 Å². The Morgan fingerprint density at radius 2 is 0.566 bits per heavy atom. The molecule has 53 heavy (non-hydrogen) atoms. The summed E-state index contributed by atoms with van der Waals surface area (Å²) >= 11 is 0. The molecule has 0 saturated carbocycles. The molecule has 0 heterocycles. The van der Waals surface area contributed by atoms with E-state index in [0.717, 1.165) is 99.3 Å². The molecule has 0 aromatic heterocycles. The number of aromatic carboxylic acids is 4. The van der Waals surface area contributed by atoms with Crippen LogP contribution in [0.3, 0.4) is 0 Å². The van der Waals surface area contributed by atoms with Crippen molar-refractivity contribution in [3.8, 4) is 0 Å². The average Bonchev–Trinajstić information content (AvgIpc) is 3.15. The molecule has 0 aliphatic rings. The fourth-order valence-corrected chi connectivity index (χ4v) is 4.94. The van der Waals surface area contributed by atoms with Crippen molar-refractivity contribution in [3.63, 3.8) is 0 Å². The van der Waals surface area contributed by atoms with Gasteiger partial charge in [0, 0.05) is 27.3 Å². The van der Waals surface area contributed by atoms with E-state index in [4.69, 9.17) is 0 Å². The minimum Gasteiger partial charge on any atom is -0.545 e. The zero-order valence-electron chi connectivity index (χ0n) is 31.5. The molecular formula is C44H52O8Pb-4. The van der Waals surface area contributed by atoms with E-state index in [2.05, 4.69) is 27.7 Å². The number of aryl methyl sites for hydroxylation is 4. The molecule has 0 bridgehead atoms. The molecule has 0 unspecified atom stereocenters. The van der Waals surface area contributed by atoms with Crippen molar-refractivity contribution < 1.29 is 39.6 Å². The van der Waals surface area contributed by atoms with Gasteiger partial charge in [0.1, 0.15) is 0 Å². The monoisotopic (exact) mass is 916 g/mol. The average molecular weight is 916 g/mol. The second kappa shape index (κ2) is 29.2. The summed E-state index contributed by atoms with van der Waals surface area (Å²) in [5.74, 6) is -4.40. The van der Waals surface area contributed by atoms with Gasteiger partial charge >= 0.3 is 0 Å². The fourth-order valence-electron chi connectivity index (χ4n) is 4.94. The van der Waals surface area contributed by atoms with E-state index < -0.39 is 23.9 Å². The van der Waals surface area contributed by atoms with Gasteiger partial charge in [0.2, 0.25) is 0 Å². The van der Waals surface area contributed by atoms with Gasteiger partial charge in [-0.15, -0.1) is 0 Å². The first-order chi connectivity index (χ1) is 24.9. The molecule has 0 spiro atoms. The summed E-state index contributed by atoms with van der Waals surface area (Å²) in [6.45, 7) is 8.45. The number of rotatable bonds is 16. The van der Waals surface area contributed by atoms with Gasteiger partial charge < -0.3 is 39.6 Å². The first kappa shape index (κ1) is 48.7. The summed E-state index contributed by atoms with van der Waals surface area (Å²) in [5, 5.41) is 42.1. The second-order valence-corrected chi connectivity index (χ2v) is 12.4. The van der Waals surface area contributed by atoms with E-state index in [1.54, 1.807) is 72.8 Å². The number of hydrogen-bond donors (Lipinski definition) is 0. The van der Waals surface area contributed by atoms with Gasteiger partial charge in [-0.25, -0.2) is 0 Å². The van der Waals surface area contributed by atoms with Gasteiger partial charge in [-0.2, -0.15) is 0 Å². The van der Waals surface area contributed by atoms with E-state index in [0.29, 0.717) is 0 Å². The molecule has 0 amide bonds. The van der Waals surface area contributed by atoms with Crippen LogP contribution in [0.4, 0.5) is 0 Å². The third kappa shape index (κ3) is 21.7. The van der Waals surface area contributed by atoms with E-state index in [9.17, 15) is 39.6 Å². The van der Waals surface area contributed by atoms with Gasteiger partial charge in [-0.3, -0.25) is 0 Å². The van der Waals surface area contributed by atoms with Crippen molar-refractivity contribution >= 4 is 51.2 Å². The number of hydrogen-bond acceptors (Lipinski definition) is 8. The first-order valence-electron chi connectivity index (χ1n) is 18.2. The van der Waals surface area contributed by atoms with Crippen LogP contribution in [-0.4, -0.2) is 51.2 Å². The van der Waals surface area contributed by atoms with Crippen LogP contribution in [0.5, 0.6) is 0 Å². The van der Waals surface area contributed by atoms with Crippen molar-refractivity contribution in [1.82, 2.24) is 0 Å². The molecule has 4 rings (SSSR count). The molecule has 284 valence electrons. The zero-order valence-corrected chi connectivity index (χ0v) is 35.4. The van der Waals surface area contributed by atoms with Gasteiger partial charge in [0.05, 0.1) is 23.9 Å². The van der Waals surface area contributed by atoms with E-state index in [1.165, 1.54) is 0 Å². The summed E-state index contributed by atoms with van der Waals surface area (Å²) in [7, 11) is 0. The third-order valence-electron chi connectivity index (χ3n) is 7.93. The molecule has 0 aliphatic carbocycles. The Bertz CT molecular complexity index is 1420. The van der Waals surface area contributed by atoms with Gasteiger partial charge in [0.15, 0.2) is 0 Å². The normalized spacial score (nSPS) is 9.74. The first-order valence-corrected chi connectivity index (χ1v) is 18.2. The van der Waals surface area contributed by atoms with Crippen molar-refractivity contribution in [2.75, 3.05) is 0 Å². The van der Waals surface area contributed by atoms with Crippen molar-refractivity contribution in [1.29, 1.82) is 0 Å². The van der Waals surface area contributed by atoms with Gasteiger partial charge in [-0.1, -0.05) is 126 Å². The zero-order chi connectivity index (χ0) is 38.7. The SMILES string of the molecule is CCCCc1cccc(C(=O)[O-])c1.CCCCc1cccc(C(=O)[O-])c1.CCCCc1cccc(C(=O)[O-])c1.CCCCc1cccc(C(=O)[O-])c1.[Pb]. The van der Waals surface area contributed by atoms with Crippen LogP contribution in [0.15, 0.2) is 97.1 Å². The van der Waals surface area contributed by atoms with Crippen LogP contribution in [0.25, 0.3) is 0 Å². The maximum atomic E-state index is 10.5. The number of benzene rings is 4. The smallest absolute Gasteiger partial charge is 0.0715 e. The molecule has 9 heteroatoms. The molecule has 4 aromatic rings. The third-order valence-corrected chi connectivity index (χ3v) is 7.93. The maximum absolute atomic E-state index is 10.5. The van der Waals surface area contributed by atoms with Gasteiger partial charge in [-0.05, 0) is 120 Å². The van der Waals surface area contributed by atoms with E-state index in [1.807, 2.05) is 24.3 Å². The number of carboxylic acids is 4. The Morgan fingerprint density at radius 1 is 0.377 bits per heavy atom. The van der Waals surface area contributed by atoms with Crippen molar-refractivity contribution in [2.24, 2.45) is 0 Å². The predicted octanol–water partition coefficient (Wildman–Crippen LogP) is 5.19. The molecule has 0 atom stereocenters. The quantitative estimate of drug-likeness (QED) is 0.139. The van der Waals surface area contributed by atoms with Crippen LogP contribution in [0.1, 0.15) is 143 Å². The minimum atomic E-state index is -1.10. The molecule has 0 saturated heterocycles. The van der Waals surface area contributed by atoms with Crippen LogP contribution in [0, 0.1) is 0 Å². The Morgan fingerprint density at radius 3 is 0.717 bits per heavy atom. The summed E-state index contributed by atoms with van der Waals surface area (Å²) in [4.78, 5) is 42.1. The van der Waals surface area contributed by atoms with Crippen molar-refractivity contribution in [2.45, 2.75) is 105 Å². The number of carbonyl (C=O) groups excluding carboxylic acids is 4. The Labute approximate surface area is 335 Å². The standard InChI is InChI=1S/4C11H14O2.Pb/c4*1-2-3-5-9-6-4-7-10(8-9)11(12)13;/h4*4,6-8H,2-3,5H2,1H3,(H,12,13);/p-4. The van der Waals surface area contributed by atoms with Gasteiger partial charge in [0.25, 0.3) is 0 Å². The summed E-state index contributed by atoms with van der Waals surface area (Å²) < 4.78 is 0. The maximum Gasteiger partial charge on any atom is 0.0715 e. The Hall–Kier alpha value is -4.32. The van der Waals surface area contributed by atoms with Crippen LogP contribution >= 0.6 is 0 Å². The summed E-state index contributed by atoms with van der Waals surface area (Å²) in [6, 6.07) is 27.8. The topological polar surface area (TPSA) is 161 Å². The molecule has 0 aliphatic heterocycles. The Kier molecular flexibility index (Phi) is 26.8. The second-order valence-electron chi connectivity index (χ2n) is 12.4. The molecular weight excluding hydrogens is 864 g/mol. The van der Waals surface area contributed by atoms with Crippen LogP contribution < -0.4 is 20.4 Å². The number of carboxylic acid groups (broad SMARTS) is 4. The number of unbranched alkanes of at least 4 members (excludes halogenated alkanes) is 4. The summed E-state index contributed by atoms with van der Waals surface area (Å²) in [6.07, 6.45) is 12.6. The molecule has 4 aromatic carbocycles. The van der Waals surface area contributed by atoms with Crippen molar-refractivity contribution in [3.05, 3.63) is 142 Å². The molecule has 4 radical (unpaired) electrons. The predicted molar refractivity (Wildman–Crippen MR) is 203 cm³/mol. The van der Waals surface area contributed by atoms with Crippen LogP contribution in [-0.2, 0) is 25.7 Å². The largest absolute Gasteiger partial charge is 0.545 e. The van der Waals surface area contributed by atoms with Crippen LogP contribution in [0.2, 0.25) is 0 Å². The fraction of sp³-hybridized carbons (Fsp3) is 0.364. The molecule has 8 nitrogen and oxygen atoms in total. The molecule has 0 N–H and O–H groups in total. The summed E-state index contributed by atoms with van der Waals surface area (Å²) in [5.41, 5.74) is 5.38. The number of carbonyl (C=O) groups is 4.